The second-order valence-corrected chi connectivity index (χ2v) is 7.69. The molecule has 6 nitrogen and oxygen atoms in total. The first-order valence-electron chi connectivity index (χ1n) is 8.27. The number of carbonyl (C=O) groups is 1. The van der Waals surface area contributed by atoms with Crippen molar-refractivity contribution in [3.63, 3.8) is 0 Å². The Bertz CT molecular complexity index is 980. The Hall–Kier alpha value is -2.32. The second-order valence-electron chi connectivity index (χ2n) is 5.90. The molecule has 0 atom stereocenters. The third-order valence-electron chi connectivity index (χ3n) is 3.90. The van der Waals surface area contributed by atoms with E-state index in [-0.39, 0.29) is 11.7 Å². The van der Waals surface area contributed by atoms with Gasteiger partial charge in [0.1, 0.15) is 5.76 Å². The van der Waals surface area contributed by atoms with Gasteiger partial charge in [-0.1, -0.05) is 33.8 Å². The van der Waals surface area contributed by atoms with Crippen LogP contribution in [-0.2, 0) is 11.3 Å². The number of allylic oxidation sites excluding steroid dienone is 1. The molecule has 0 unspecified atom stereocenters. The molecule has 0 saturated heterocycles. The monoisotopic (exact) mass is 446 g/mol. The van der Waals surface area contributed by atoms with Crippen molar-refractivity contribution in [3.05, 3.63) is 59.0 Å². The molecule has 3 rings (SSSR count). The fourth-order valence-electron chi connectivity index (χ4n) is 2.55. The number of hydrogen-bond acceptors (Lipinski definition) is 5. The number of thioether (sulfide) groups is 1. The minimum atomic E-state index is -0.101. The number of anilines is 1. The fourth-order valence-corrected chi connectivity index (χ4v) is 3.55. The number of amides is 1. The van der Waals surface area contributed by atoms with Crippen molar-refractivity contribution < 1.29 is 9.21 Å². The molecule has 1 amide bonds. The van der Waals surface area contributed by atoms with Crippen LogP contribution in [0.5, 0.6) is 0 Å². The van der Waals surface area contributed by atoms with E-state index in [0.717, 1.165) is 27.0 Å². The van der Waals surface area contributed by atoms with E-state index in [1.54, 1.807) is 12.3 Å². The molecule has 0 bridgehead atoms. The van der Waals surface area contributed by atoms with E-state index in [2.05, 4.69) is 38.0 Å². The average Bonchev–Trinajstić information content (AvgIpc) is 3.22. The molecule has 0 saturated carbocycles. The molecule has 0 spiro atoms. The van der Waals surface area contributed by atoms with Crippen LogP contribution in [0, 0.1) is 13.8 Å². The molecule has 1 aromatic carbocycles. The lowest BCUT2D eigenvalue weighted by molar-refractivity contribution is -0.113. The predicted molar refractivity (Wildman–Crippen MR) is 111 cm³/mol. The number of furan rings is 1. The predicted octanol–water partition coefficient (Wildman–Crippen LogP) is 4.83. The van der Waals surface area contributed by atoms with E-state index >= 15 is 0 Å². The summed E-state index contributed by atoms with van der Waals surface area (Å²) in [4.78, 5) is 12.3. The van der Waals surface area contributed by atoms with Gasteiger partial charge in [-0.3, -0.25) is 9.36 Å². The zero-order valence-corrected chi connectivity index (χ0v) is 17.4. The van der Waals surface area contributed by atoms with Crippen LogP contribution >= 0.6 is 27.7 Å². The van der Waals surface area contributed by atoms with E-state index in [9.17, 15) is 4.79 Å². The van der Waals surface area contributed by atoms with Gasteiger partial charge in [-0.15, -0.1) is 16.8 Å². The molecule has 1 N–H and O–H groups in total. The number of nitrogens with one attached hydrogen (secondary N) is 1. The molecule has 8 heteroatoms. The topological polar surface area (TPSA) is 73.0 Å². The van der Waals surface area contributed by atoms with Crippen molar-refractivity contribution in [1.82, 2.24) is 14.8 Å². The maximum Gasteiger partial charge on any atom is 0.234 e. The number of rotatable bonds is 7. The van der Waals surface area contributed by atoms with Crippen molar-refractivity contribution in [2.24, 2.45) is 0 Å². The summed E-state index contributed by atoms with van der Waals surface area (Å²) in [6.07, 6.45) is 3.40. The Morgan fingerprint density at radius 1 is 1.37 bits per heavy atom. The van der Waals surface area contributed by atoms with Crippen LogP contribution in [0.4, 0.5) is 5.69 Å². The molecule has 0 fully saturated rings. The van der Waals surface area contributed by atoms with E-state index in [0.29, 0.717) is 17.5 Å². The van der Waals surface area contributed by atoms with E-state index < -0.39 is 0 Å². The first-order valence-corrected chi connectivity index (χ1v) is 10.0. The summed E-state index contributed by atoms with van der Waals surface area (Å²) in [6, 6.07) is 7.56. The zero-order chi connectivity index (χ0) is 19.4. The molecule has 3 aromatic rings. The SMILES string of the molecule is C=CCn1c(SCC(=O)Nc2ccc(Br)c(C)c2)nnc1-c1ccoc1C. The summed E-state index contributed by atoms with van der Waals surface area (Å²) in [7, 11) is 0. The highest BCUT2D eigenvalue weighted by molar-refractivity contribution is 9.10. The molecule has 0 aliphatic rings. The third-order valence-corrected chi connectivity index (χ3v) is 5.76. The van der Waals surface area contributed by atoms with Gasteiger partial charge in [0, 0.05) is 16.7 Å². The minimum Gasteiger partial charge on any atom is -0.469 e. The standard InChI is InChI=1S/C19H19BrN4O2S/c1-4-8-24-18(15-7-9-26-13(15)3)22-23-19(24)27-11-17(25)21-14-5-6-16(20)12(2)10-14/h4-7,9-10H,1,8,11H2,2-3H3,(H,21,25). The molecule has 140 valence electrons. The van der Waals surface area contributed by atoms with Crippen LogP contribution in [0.3, 0.4) is 0 Å². The van der Waals surface area contributed by atoms with E-state index in [1.807, 2.05) is 42.7 Å². The van der Waals surface area contributed by atoms with Gasteiger partial charge >= 0.3 is 0 Å². The number of aromatic nitrogens is 3. The van der Waals surface area contributed by atoms with Gasteiger partial charge in [0.25, 0.3) is 0 Å². The summed E-state index contributed by atoms with van der Waals surface area (Å²) >= 11 is 4.79. The van der Waals surface area contributed by atoms with Crippen molar-refractivity contribution >= 4 is 39.3 Å². The first kappa shape index (κ1) is 19.4. The molecule has 2 aromatic heterocycles. The Morgan fingerprint density at radius 2 is 2.19 bits per heavy atom. The normalized spacial score (nSPS) is 10.8. The third kappa shape index (κ3) is 4.51. The summed E-state index contributed by atoms with van der Waals surface area (Å²) in [5, 5.41) is 12.1. The second kappa shape index (κ2) is 8.58. The first-order chi connectivity index (χ1) is 13.0. The molecule has 0 aliphatic carbocycles. The van der Waals surface area contributed by atoms with Gasteiger partial charge in [0.05, 0.1) is 17.6 Å². The Balaban J connectivity index is 1.71. The maximum atomic E-state index is 12.3. The summed E-state index contributed by atoms with van der Waals surface area (Å²) in [5.74, 6) is 1.60. The molecule has 0 aliphatic heterocycles. The number of benzene rings is 1. The highest BCUT2D eigenvalue weighted by Gasteiger charge is 2.17. The lowest BCUT2D eigenvalue weighted by Gasteiger charge is -2.08. The number of hydrogen-bond donors (Lipinski definition) is 1. The summed E-state index contributed by atoms with van der Waals surface area (Å²) in [5.41, 5.74) is 2.71. The number of carbonyl (C=O) groups excluding carboxylic acids is 1. The van der Waals surface area contributed by atoms with Gasteiger partial charge in [0.15, 0.2) is 11.0 Å². The number of aryl methyl sites for hydroxylation is 2. The van der Waals surface area contributed by atoms with Crippen LogP contribution in [0.25, 0.3) is 11.4 Å². The highest BCUT2D eigenvalue weighted by atomic mass is 79.9. The Kier molecular flexibility index (Phi) is 6.18. The lowest BCUT2D eigenvalue weighted by Crippen LogP contribution is -2.14. The van der Waals surface area contributed by atoms with Gasteiger partial charge in [-0.2, -0.15) is 0 Å². The van der Waals surface area contributed by atoms with Gasteiger partial charge in [-0.05, 0) is 43.7 Å². The summed E-state index contributed by atoms with van der Waals surface area (Å²) in [6.45, 7) is 8.20. The van der Waals surface area contributed by atoms with E-state index in [4.69, 9.17) is 4.42 Å². The largest absolute Gasteiger partial charge is 0.469 e. The molecule has 27 heavy (non-hydrogen) atoms. The van der Waals surface area contributed by atoms with Crippen molar-refractivity contribution in [3.8, 4) is 11.4 Å². The van der Waals surface area contributed by atoms with E-state index in [1.165, 1.54) is 11.8 Å². The van der Waals surface area contributed by atoms with Crippen LogP contribution in [-0.4, -0.2) is 26.4 Å². The van der Waals surface area contributed by atoms with Gasteiger partial charge < -0.3 is 9.73 Å². The summed E-state index contributed by atoms with van der Waals surface area (Å²) < 4.78 is 8.29. The lowest BCUT2D eigenvalue weighted by atomic mass is 10.2. The van der Waals surface area contributed by atoms with Gasteiger partial charge in [-0.25, -0.2) is 0 Å². The molecule has 2 heterocycles. The zero-order valence-electron chi connectivity index (χ0n) is 15.0. The van der Waals surface area contributed by atoms with Crippen LogP contribution in [0.2, 0.25) is 0 Å². The van der Waals surface area contributed by atoms with Crippen LogP contribution in [0.15, 0.2) is 57.2 Å². The van der Waals surface area contributed by atoms with Gasteiger partial charge in [0.2, 0.25) is 5.91 Å². The maximum absolute atomic E-state index is 12.3. The molecule has 0 radical (unpaired) electrons. The van der Waals surface area contributed by atoms with Crippen LogP contribution < -0.4 is 5.32 Å². The minimum absolute atomic E-state index is 0.101. The fraction of sp³-hybridized carbons (Fsp3) is 0.211. The number of halogens is 1. The number of nitrogens with zero attached hydrogens (tertiary/aromatic N) is 3. The Labute approximate surface area is 170 Å². The van der Waals surface area contributed by atoms with Crippen molar-refractivity contribution in [2.45, 2.75) is 25.5 Å². The average molecular weight is 447 g/mol. The molecular weight excluding hydrogens is 428 g/mol. The quantitative estimate of drug-likeness (QED) is 0.415. The Morgan fingerprint density at radius 3 is 2.85 bits per heavy atom. The molecular formula is C19H19BrN4O2S. The van der Waals surface area contributed by atoms with Crippen LogP contribution in [0.1, 0.15) is 11.3 Å². The van der Waals surface area contributed by atoms with Crippen molar-refractivity contribution in [1.29, 1.82) is 0 Å². The highest BCUT2D eigenvalue weighted by Crippen LogP contribution is 2.27. The van der Waals surface area contributed by atoms with Crippen molar-refractivity contribution in [2.75, 3.05) is 11.1 Å². The smallest absolute Gasteiger partial charge is 0.234 e.